The van der Waals surface area contributed by atoms with E-state index in [9.17, 15) is 14.4 Å². The summed E-state index contributed by atoms with van der Waals surface area (Å²) in [5.74, 6) is 0.284. The van der Waals surface area contributed by atoms with Gasteiger partial charge in [0.05, 0.1) is 49.3 Å². The molecule has 0 fully saturated rings. The van der Waals surface area contributed by atoms with Crippen molar-refractivity contribution in [2.75, 3.05) is 34.0 Å². The summed E-state index contributed by atoms with van der Waals surface area (Å²) in [6, 6.07) is 9.84. The minimum Gasteiger partial charge on any atom is -0.497 e. The summed E-state index contributed by atoms with van der Waals surface area (Å²) in [5, 5.41) is 0. The molecule has 1 aromatic heterocycles. The largest absolute Gasteiger partial charge is 0.497 e. The number of rotatable bonds is 10. The van der Waals surface area contributed by atoms with Crippen LogP contribution >= 0.6 is 11.3 Å². The maximum Gasteiger partial charge on any atom is 0.343 e. The monoisotopic (exact) mass is 580 g/mol. The van der Waals surface area contributed by atoms with Gasteiger partial charge in [-0.25, -0.2) is 14.6 Å². The van der Waals surface area contributed by atoms with Gasteiger partial charge in [-0.2, -0.15) is 0 Å². The second kappa shape index (κ2) is 12.9. The van der Waals surface area contributed by atoms with E-state index in [0.717, 1.165) is 16.9 Å². The van der Waals surface area contributed by atoms with E-state index in [2.05, 4.69) is 9.73 Å². The van der Waals surface area contributed by atoms with Crippen LogP contribution in [0.15, 0.2) is 57.5 Å². The Kier molecular flexibility index (Phi) is 9.28. The minimum absolute atomic E-state index is 0.161. The van der Waals surface area contributed by atoms with Crippen molar-refractivity contribution in [1.82, 2.24) is 4.57 Å². The Hall–Kier alpha value is -4.38. The molecule has 41 heavy (non-hydrogen) atoms. The van der Waals surface area contributed by atoms with E-state index in [1.54, 1.807) is 39.2 Å². The lowest BCUT2D eigenvalue weighted by molar-refractivity contribution is -0.143. The van der Waals surface area contributed by atoms with E-state index in [1.807, 2.05) is 38.1 Å². The van der Waals surface area contributed by atoms with Crippen LogP contribution in [-0.4, -0.2) is 50.5 Å². The van der Waals surface area contributed by atoms with E-state index in [0.29, 0.717) is 38.7 Å². The third kappa shape index (κ3) is 6.19. The number of nitrogens with zero attached hydrogens (tertiary/aromatic N) is 2. The Labute approximate surface area is 241 Å². The molecule has 3 aromatic rings. The molecule has 4 rings (SSSR count). The van der Waals surface area contributed by atoms with Gasteiger partial charge in [-0.1, -0.05) is 23.5 Å². The Morgan fingerprint density at radius 3 is 2.46 bits per heavy atom. The average molecular weight is 581 g/mol. The standard InChI is InChI=1S/C30H32N2O8S/c1-7-38-23-14-20(10-12-22(23)40-16-25(33)37-6)27-26(29(35)39-8-2)18(4)31-30-32(27)28(34)24(41-30)15-19-9-11-21(36-5)13-17(19)3/h9-15,27H,7-8,16H2,1-6H3/b24-15-/t27-/m0/s1. The van der Waals surface area contributed by atoms with Gasteiger partial charge in [0.2, 0.25) is 0 Å². The number of ether oxygens (including phenoxy) is 5. The van der Waals surface area contributed by atoms with Crippen LogP contribution in [0.25, 0.3) is 6.08 Å². The molecular formula is C30H32N2O8S. The van der Waals surface area contributed by atoms with Crippen LogP contribution in [-0.2, 0) is 19.1 Å². The average Bonchev–Trinajstić information content (AvgIpc) is 3.26. The van der Waals surface area contributed by atoms with Gasteiger partial charge in [0.25, 0.3) is 5.56 Å². The highest BCUT2D eigenvalue weighted by Crippen LogP contribution is 2.36. The van der Waals surface area contributed by atoms with Crippen LogP contribution in [0.4, 0.5) is 0 Å². The van der Waals surface area contributed by atoms with Crippen LogP contribution in [0.2, 0.25) is 0 Å². The molecule has 0 spiro atoms. The molecule has 0 unspecified atom stereocenters. The molecule has 2 aromatic carbocycles. The number of allylic oxidation sites excluding steroid dienone is 1. The van der Waals surface area contributed by atoms with Gasteiger partial charge in [0.15, 0.2) is 22.9 Å². The number of thiazole rings is 1. The number of fused-ring (bicyclic) bond motifs is 1. The van der Waals surface area contributed by atoms with Crippen LogP contribution in [0.1, 0.15) is 43.5 Å². The third-order valence-corrected chi connectivity index (χ3v) is 7.42. The summed E-state index contributed by atoms with van der Waals surface area (Å²) in [6.45, 7) is 7.38. The van der Waals surface area contributed by atoms with Crippen LogP contribution < -0.4 is 29.1 Å². The molecule has 0 saturated heterocycles. The second-order valence-corrected chi connectivity index (χ2v) is 10.0. The maximum atomic E-state index is 13.9. The van der Waals surface area contributed by atoms with Gasteiger partial charge in [0, 0.05) is 0 Å². The zero-order chi connectivity index (χ0) is 29.7. The van der Waals surface area contributed by atoms with E-state index < -0.39 is 18.0 Å². The molecule has 0 radical (unpaired) electrons. The fraction of sp³-hybridized carbons (Fsp3) is 0.333. The SMILES string of the molecule is CCOC(=O)C1=C(C)N=c2s/c(=C\c3ccc(OC)cc3C)c(=O)n2[C@H]1c1ccc(OCC(=O)OC)c(OCC)c1. The lowest BCUT2D eigenvalue weighted by atomic mass is 9.95. The summed E-state index contributed by atoms with van der Waals surface area (Å²) >= 11 is 1.24. The van der Waals surface area contributed by atoms with Crippen molar-refractivity contribution in [2.45, 2.75) is 33.7 Å². The third-order valence-electron chi connectivity index (χ3n) is 6.44. The number of aromatic nitrogens is 1. The highest BCUT2D eigenvalue weighted by Gasteiger charge is 2.34. The molecule has 0 aliphatic carbocycles. The first-order valence-electron chi connectivity index (χ1n) is 13.0. The number of carbonyl (C=O) groups is 2. The van der Waals surface area contributed by atoms with Gasteiger partial charge in [-0.15, -0.1) is 0 Å². The highest BCUT2D eigenvalue weighted by molar-refractivity contribution is 7.07. The molecule has 11 heteroatoms. The van der Waals surface area contributed by atoms with Crippen molar-refractivity contribution in [1.29, 1.82) is 0 Å². The van der Waals surface area contributed by atoms with Crippen LogP contribution in [0, 0.1) is 6.92 Å². The van der Waals surface area contributed by atoms with Gasteiger partial charge in [0.1, 0.15) is 5.75 Å². The smallest absolute Gasteiger partial charge is 0.343 e. The fourth-order valence-electron chi connectivity index (χ4n) is 4.46. The molecule has 0 saturated carbocycles. The fourth-order valence-corrected chi connectivity index (χ4v) is 5.50. The van der Waals surface area contributed by atoms with Crippen molar-refractivity contribution >= 4 is 29.4 Å². The van der Waals surface area contributed by atoms with Gasteiger partial charge >= 0.3 is 11.9 Å². The first kappa shape index (κ1) is 29.6. The molecule has 216 valence electrons. The Morgan fingerprint density at radius 1 is 1.02 bits per heavy atom. The zero-order valence-corrected chi connectivity index (χ0v) is 24.6. The second-order valence-electron chi connectivity index (χ2n) is 9.03. The number of esters is 2. The first-order valence-corrected chi connectivity index (χ1v) is 13.8. The molecule has 0 amide bonds. The predicted molar refractivity (Wildman–Crippen MR) is 153 cm³/mol. The van der Waals surface area contributed by atoms with Crippen molar-refractivity contribution in [3.63, 3.8) is 0 Å². The Bertz CT molecular complexity index is 1690. The summed E-state index contributed by atoms with van der Waals surface area (Å²) in [7, 11) is 2.88. The van der Waals surface area contributed by atoms with E-state index in [-0.39, 0.29) is 24.3 Å². The lowest BCUT2D eigenvalue weighted by Gasteiger charge is -2.25. The molecular weight excluding hydrogens is 548 g/mol. The number of hydrogen-bond acceptors (Lipinski definition) is 10. The molecule has 0 bridgehead atoms. The summed E-state index contributed by atoms with van der Waals surface area (Å²) in [6.07, 6.45) is 1.81. The van der Waals surface area contributed by atoms with E-state index in [4.69, 9.17) is 18.9 Å². The topological polar surface area (TPSA) is 115 Å². The van der Waals surface area contributed by atoms with Crippen LogP contribution in [0.5, 0.6) is 17.2 Å². The van der Waals surface area contributed by atoms with Gasteiger partial charge < -0.3 is 23.7 Å². The summed E-state index contributed by atoms with van der Waals surface area (Å²) in [5.41, 5.74) is 2.79. The van der Waals surface area contributed by atoms with Crippen LogP contribution in [0.3, 0.4) is 0 Å². The number of aryl methyl sites for hydroxylation is 1. The maximum absolute atomic E-state index is 13.9. The number of carbonyl (C=O) groups excluding carboxylic acids is 2. The molecule has 10 nitrogen and oxygen atoms in total. The van der Waals surface area contributed by atoms with Gasteiger partial charge in [-0.3, -0.25) is 9.36 Å². The van der Waals surface area contributed by atoms with Crippen molar-refractivity contribution in [3.8, 4) is 17.2 Å². The molecule has 1 aliphatic rings. The minimum atomic E-state index is -0.835. The Balaban J connectivity index is 1.90. The van der Waals surface area contributed by atoms with Crippen molar-refractivity contribution in [2.24, 2.45) is 4.99 Å². The van der Waals surface area contributed by atoms with Crippen molar-refractivity contribution in [3.05, 3.63) is 84.0 Å². The Morgan fingerprint density at radius 2 is 1.80 bits per heavy atom. The lowest BCUT2D eigenvalue weighted by Crippen LogP contribution is -2.40. The highest BCUT2D eigenvalue weighted by atomic mass is 32.1. The number of hydrogen-bond donors (Lipinski definition) is 0. The molecule has 0 N–H and O–H groups in total. The summed E-state index contributed by atoms with van der Waals surface area (Å²) in [4.78, 5) is 43.9. The normalized spacial score (nSPS) is 14.7. The predicted octanol–water partition coefficient (Wildman–Crippen LogP) is 3.07. The molecule has 2 heterocycles. The number of methoxy groups -OCH3 is 2. The molecule has 1 aliphatic heterocycles. The van der Waals surface area contributed by atoms with E-state index >= 15 is 0 Å². The summed E-state index contributed by atoms with van der Waals surface area (Å²) < 4.78 is 28.7. The van der Waals surface area contributed by atoms with Crippen molar-refractivity contribution < 1.29 is 33.3 Å². The van der Waals surface area contributed by atoms with E-state index in [1.165, 1.54) is 23.0 Å². The first-order chi connectivity index (χ1) is 19.7. The van der Waals surface area contributed by atoms with Gasteiger partial charge in [-0.05, 0) is 74.7 Å². The quantitative estimate of drug-likeness (QED) is 0.336. The molecule has 1 atom stereocenters. The zero-order valence-electron chi connectivity index (χ0n) is 23.8. The number of benzene rings is 2.